The highest BCUT2D eigenvalue weighted by atomic mass is 32.2. The maximum Gasteiger partial charge on any atom is 0.328 e. The number of nitrogens with one attached hydrogen (secondary N) is 1. The SMILES string of the molecule is COC(=O)[C@@H](CCSC)NC(=O)CCc1nnc(-c2ccc(C)s2)o1. The van der Waals surface area contributed by atoms with Crippen LogP contribution in [0.1, 0.15) is 23.6 Å². The molecule has 1 N–H and O–H groups in total. The third-order valence-corrected chi connectivity index (χ3v) is 5.05. The average Bonchev–Trinajstić information content (AvgIpc) is 3.24. The van der Waals surface area contributed by atoms with E-state index in [9.17, 15) is 9.59 Å². The highest BCUT2D eigenvalue weighted by Gasteiger charge is 2.21. The van der Waals surface area contributed by atoms with Crippen LogP contribution in [-0.2, 0) is 20.7 Å². The zero-order valence-electron chi connectivity index (χ0n) is 14.4. The molecule has 2 aromatic heterocycles. The minimum Gasteiger partial charge on any atom is -0.467 e. The van der Waals surface area contributed by atoms with Crippen molar-refractivity contribution in [2.45, 2.75) is 32.2 Å². The van der Waals surface area contributed by atoms with Gasteiger partial charge in [0.2, 0.25) is 11.8 Å². The predicted molar refractivity (Wildman–Crippen MR) is 97.6 cm³/mol. The number of carbonyl (C=O) groups excluding carboxylic acids is 2. The number of thiophene rings is 1. The Bertz CT molecular complexity index is 714. The summed E-state index contributed by atoms with van der Waals surface area (Å²) in [5, 5.41) is 10.7. The molecule has 0 fully saturated rings. The van der Waals surface area contributed by atoms with Gasteiger partial charge in [-0.3, -0.25) is 4.79 Å². The summed E-state index contributed by atoms with van der Waals surface area (Å²) in [5.74, 6) is 0.933. The summed E-state index contributed by atoms with van der Waals surface area (Å²) in [5.41, 5.74) is 0. The zero-order chi connectivity index (χ0) is 18.2. The van der Waals surface area contributed by atoms with Crippen LogP contribution in [-0.4, -0.2) is 47.2 Å². The van der Waals surface area contributed by atoms with Gasteiger partial charge in [-0.15, -0.1) is 21.5 Å². The van der Waals surface area contributed by atoms with Crippen molar-refractivity contribution in [2.24, 2.45) is 0 Å². The molecule has 0 unspecified atom stereocenters. The number of hydrogen-bond donors (Lipinski definition) is 1. The summed E-state index contributed by atoms with van der Waals surface area (Å²) in [6.45, 7) is 2.00. The van der Waals surface area contributed by atoms with Crippen LogP contribution in [0.25, 0.3) is 10.8 Å². The summed E-state index contributed by atoms with van der Waals surface area (Å²) in [7, 11) is 1.31. The Balaban J connectivity index is 1.86. The van der Waals surface area contributed by atoms with Crippen molar-refractivity contribution < 1.29 is 18.7 Å². The Labute approximate surface area is 154 Å². The van der Waals surface area contributed by atoms with E-state index in [0.29, 0.717) is 24.6 Å². The smallest absolute Gasteiger partial charge is 0.328 e. The van der Waals surface area contributed by atoms with Crippen molar-refractivity contribution in [3.05, 3.63) is 22.9 Å². The van der Waals surface area contributed by atoms with Crippen molar-refractivity contribution in [3.8, 4) is 10.8 Å². The lowest BCUT2D eigenvalue weighted by atomic mass is 10.2. The maximum absolute atomic E-state index is 12.1. The molecule has 7 nitrogen and oxygen atoms in total. The number of aromatic nitrogens is 2. The number of methoxy groups -OCH3 is 1. The van der Waals surface area contributed by atoms with E-state index in [1.807, 2.05) is 25.3 Å². The topological polar surface area (TPSA) is 94.3 Å². The third kappa shape index (κ3) is 5.86. The molecule has 2 aromatic rings. The summed E-state index contributed by atoms with van der Waals surface area (Å²) in [4.78, 5) is 25.8. The molecule has 2 heterocycles. The van der Waals surface area contributed by atoms with Crippen LogP contribution >= 0.6 is 23.1 Å². The van der Waals surface area contributed by atoms with Gasteiger partial charge in [-0.05, 0) is 37.5 Å². The largest absolute Gasteiger partial charge is 0.467 e. The lowest BCUT2D eigenvalue weighted by molar-refractivity contribution is -0.145. The number of carbonyl (C=O) groups is 2. The van der Waals surface area contributed by atoms with E-state index in [-0.39, 0.29) is 12.3 Å². The van der Waals surface area contributed by atoms with E-state index in [2.05, 4.69) is 15.5 Å². The molecule has 0 aliphatic rings. The minimum absolute atomic E-state index is 0.165. The number of aryl methyl sites for hydroxylation is 2. The zero-order valence-corrected chi connectivity index (χ0v) is 16.0. The van der Waals surface area contributed by atoms with Crippen LogP contribution in [0, 0.1) is 6.92 Å². The fourth-order valence-corrected chi connectivity index (χ4v) is 3.38. The van der Waals surface area contributed by atoms with Crippen molar-refractivity contribution >= 4 is 35.0 Å². The average molecular weight is 383 g/mol. The molecule has 0 radical (unpaired) electrons. The number of esters is 1. The van der Waals surface area contributed by atoms with Gasteiger partial charge in [0, 0.05) is 17.7 Å². The van der Waals surface area contributed by atoms with Gasteiger partial charge in [0.05, 0.1) is 12.0 Å². The first-order valence-corrected chi connectivity index (χ1v) is 9.99. The molecule has 25 heavy (non-hydrogen) atoms. The lowest BCUT2D eigenvalue weighted by Crippen LogP contribution is -2.42. The monoisotopic (exact) mass is 383 g/mol. The number of thioether (sulfide) groups is 1. The molecule has 1 atom stereocenters. The van der Waals surface area contributed by atoms with Gasteiger partial charge in [-0.1, -0.05) is 0 Å². The molecule has 0 spiro atoms. The number of rotatable bonds is 9. The molecule has 0 saturated heterocycles. The number of hydrogen-bond acceptors (Lipinski definition) is 8. The Kier molecular flexibility index (Phi) is 7.45. The second kappa shape index (κ2) is 9.57. The Hall–Kier alpha value is -1.87. The molecular formula is C16H21N3O4S2. The van der Waals surface area contributed by atoms with Gasteiger partial charge in [0.15, 0.2) is 0 Å². The highest BCUT2D eigenvalue weighted by Crippen LogP contribution is 2.26. The highest BCUT2D eigenvalue weighted by molar-refractivity contribution is 7.98. The van der Waals surface area contributed by atoms with E-state index in [0.717, 1.165) is 15.5 Å². The summed E-state index contributed by atoms with van der Waals surface area (Å²) in [6, 6.07) is 3.28. The number of ether oxygens (including phenoxy) is 1. The standard InChI is InChI=1S/C16H21N3O4S2/c1-10-4-5-12(25-10)15-19-18-14(23-15)7-6-13(20)17-11(8-9-24-3)16(21)22-2/h4-5,11H,6-9H2,1-3H3,(H,17,20)/t11-/m1/s1. The van der Waals surface area contributed by atoms with Crippen LogP contribution < -0.4 is 5.32 Å². The van der Waals surface area contributed by atoms with Gasteiger partial charge >= 0.3 is 5.97 Å². The Morgan fingerprint density at radius 1 is 1.40 bits per heavy atom. The second-order valence-corrected chi connectivity index (χ2v) is 7.61. The van der Waals surface area contributed by atoms with Crippen LogP contribution in [0.4, 0.5) is 0 Å². The van der Waals surface area contributed by atoms with Crippen molar-refractivity contribution in [1.29, 1.82) is 0 Å². The van der Waals surface area contributed by atoms with Gasteiger partial charge in [-0.25, -0.2) is 4.79 Å². The van der Waals surface area contributed by atoms with Crippen LogP contribution in [0.5, 0.6) is 0 Å². The molecule has 0 aliphatic heterocycles. The molecule has 0 aromatic carbocycles. The molecule has 136 valence electrons. The normalized spacial score (nSPS) is 12.0. The Morgan fingerprint density at radius 3 is 2.84 bits per heavy atom. The molecule has 0 bridgehead atoms. The molecule has 0 aliphatic carbocycles. The first-order chi connectivity index (χ1) is 12.0. The molecule has 2 rings (SSSR count). The third-order valence-electron chi connectivity index (χ3n) is 3.42. The van der Waals surface area contributed by atoms with Crippen molar-refractivity contribution in [1.82, 2.24) is 15.5 Å². The van der Waals surface area contributed by atoms with E-state index in [4.69, 9.17) is 9.15 Å². The van der Waals surface area contributed by atoms with Crippen molar-refractivity contribution in [3.63, 3.8) is 0 Å². The first kappa shape index (κ1) is 19.5. The summed E-state index contributed by atoms with van der Waals surface area (Å²) < 4.78 is 10.3. The molecule has 0 saturated carbocycles. The summed E-state index contributed by atoms with van der Waals surface area (Å²) >= 11 is 3.18. The fraction of sp³-hybridized carbons (Fsp3) is 0.500. The predicted octanol–water partition coefficient (Wildman–Crippen LogP) is 2.45. The quantitative estimate of drug-likeness (QED) is 0.665. The fourth-order valence-electron chi connectivity index (χ4n) is 2.12. The van der Waals surface area contributed by atoms with Gasteiger partial charge in [-0.2, -0.15) is 11.8 Å². The minimum atomic E-state index is -0.628. The lowest BCUT2D eigenvalue weighted by Gasteiger charge is -2.15. The van der Waals surface area contributed by atoms with Crippen LogP contribution in [0.3, 0.4) is 0 Å². The van der Waals surface area contributed by atoms with Crippen LogP contribution in [0.15, 0.2) is 16.5 Å². The van der Waals surface area contributed by atoms with Gasteiger partial charge in [0.1, 0.15) is 6.04 Å². The first-order valence-electron chi connectivity index (χ1n) is 7.78. The van der Waals surface area contributed by atoms with E-state index >= 15 is 0 Å². The number of amides is 1. The van der Waals surface area contributed by atoms with Gasteiger partial charge < -0.3 is 14.5 Å². The van der Waals surface area contributed by atoms with Gasteiger partial charge in [0.25, 0.3) is 5.89 Å². The maximum atomic E-state index is 12.1. The van der Waals surface area contributed by atoms with Crippen LogP contribution in [0.2, 0.25) is 0 Å². The molecule has 9 heteroatoms. The second-order valence-electron chi connectivity index (χ2n) is 5.34. The van der Waals surface area contributed by atoms with E-state index in [1.54, 1.807) is 23.1 Å². The van der Waals surface area contributed by atoms with E-state index in [1.165, 1.54) is 7.11 Å². The molecular weight excluding hydrogens is 362 g/mol. The number of nitrogens with zero attached hydrogens (tertiary/aromatic N) is 2. The van der Waals surface area contributed by atoms with Crippen molar-refractivity contribution in [2.75, 3.05) is 19.1 Å². The summed E-state index contributed by atoms with van der Waals surface area (Å²) in [6.07, 6.45) is 2.96. The molecule has 1 amide bonds. The van der Waals surface area contributed by atoms with E-state index < -0.39 is 12.0 Å². The Morgan fingerprint density at radius 2 is 2.20 bits per heavy atom.